The molecule has 0 saturated heterocycles. The number of carbonyl (C=O) groups is 2. The minimum atomic E-state index is -0.433. The molecule has 114 valence electrons. The Labute approximate surface area is 131 Å². The highest BCUT2D eigenvalue weighted by atomic mass is 32.2. The van der Waals surface area contributed by atoms with E-state index in [4.69, 9.17) is 0 Å². The van der Waals surface area contributed by atoms with E-state index in [1.807, 2.05) is 30.3 Å². The summed E-state index contributed by atoms with van der Waals surface area (Å²) in [6.07, 6.45) is 3.56. The summed E-state index contributed by atoms with van der Waals surface area (Å²) in [4.78, 5) is 23.2. The largest absolute Gasteiger partial charge is 0.335 e. The van der Waals surface area contributed by atoms with E-state index < -0.39 is 6.03 Å². The van der Waals surface area contributed by atoms with Gasteiger partial charge >= 0.3 is 6.03 Å². The lowest BCUT2D eigenvalue weighted by molar-refractivity contribution is -0.117. The van der Waals surface area contributed by atoms with Gasteiger partial charge in [0.2, 0.25) is 5.91 Å². The third-order valence-electron chi connectivity index (χ3n) is 3.05. The highest BCUT2D eigenvalue weighted by molar-refractivity contribution is 7.99. The van der Waals surface area contributed by atoms with Gasteiger partial charge in [-0.1, -0.05) is 30.0 Å². The van der Waals surface area contributed by atoms with E-state index in [1.54, 1.807) is 10.9 Å². The molecule has 2 N–H and O–H groups in total. The van der Waals surface area contributed by atoms with Crippen LogP contribution in [0.2, 0.25) is 0 Å². The number of nitrogens with zero attached hydrogens (tertiary/aromatic N) is 3. The fourth-order valence-electron chi connectivity index (χ4n) is 1.83. The van der Waals surface area contributed by atoms with Crippen LogP contribution in [0.1, 0.15) is 12.8 Å². The van der Waals surface area contributed by atoms with Gasteiger partial charge in [0.15, 0.2) is 5.16 Å². The van der Waals surface area contributed by atoms with Crippen molar-refractivity contribution in [1.29, 1.82) is 0 Å². The molecule has 2 aromatic rings. The Morgan fingerprint density at radius 2 is 2.05 bits per heavy atom. The topological polar surface area (TPSA) is 88.9 Å². The zero-order valence-electron chi connectivity index (χ0n) is 11.7. The molecule has 0 aliphatic heterocycles. The van der Waals surface area contributed by atoms with Crippen molar-refractivity contribution in [2.45, 2.75) is 24.0 Å². The second kappa shape index (κ2) is 6.61. The van der Waals surface area contributed by atoms with Crippen LogP contribution in [-0.4, -0.2) is 38.5 Å². The van der Waals surface area contributed by atoms with Gasteiger partial charge in [-0.15, -0.1) is 10.2 Å². The molecule has 1 heterocycles. The Bertz CT molecular complexity index is 669. The Morgan fingerprint density at radius 1 is 1.27 bits per heavy atom. The number of hydrogen-bond donors (Lipinski definition) is 2. The van der Waals surface area contributed by atoms with Gasteiger partial charge in [0.25, 0.3) is 0 Å². The SMILES string of the molecule is O=C(CSc1nncn1-c1ccccc1)NC(=O)NC1CC1. The average Bonchev–Trinajstić information content (AvgIpc) is 3.19. The second-order valence-corrected chi connectivity index (χ2v) is 5.85. The third-order valence-corrected chi connectivity index (χ3v) is 3.99. The van der Waals surface area contributed by atoms with Crippen LogP contribution < -0.4 is 10.6 Å². The summed E-state index contributed by atoms with van der Waals surface area (Å²) >= 11 is 1.23. The predicted molar refractivity (Wildman–Crippen MR) is 81.8 cm³/mol. The number of thioether (sulfide) groups is 1. The number of imide groups is 1. The number of hydrogen-bond acceptors (Lipinski definition) is 5. The fourth-order valence-corrected chi connectivity index (χ4v) is 2.56. The quantitative estimate of drug-likeness (QED) is 0.813. The van der Waals surface area contributed by atoms with E-state index in [2.05, 4.69) is 20.8 Å². The molecular formula is C14H15N5O2S. The maximum absolute atomic E-state index is 11.7. The second-order valence-electron chi connectivity index (χ2n) is 4.90. The molecule has 0 radical (unpaired) electrons. The van der Waals surface area contributed by atoms with Crippen LogP contribution in [0.4, 0.5) is 4.79 Å². The van der Waals surface area contributed by atoms with Crippen molar-refractivity contribution < 1.29 is 9.59 Å². The first-order valence-electron chi connectivity index (χ1n) is 6.91. The maximum Gasteiger partial charge on any atom is 0.321 e. The predicted octanol–water partition coefficient (Wildman–Crippen LogP) is 1.35. The lowest BCUT2D eigenvalue weighted by atomic mass is 10.3. The Kier molecular flexibility index (Phi) is 4.38. The van der Waals surface area contributed by atoms with Crippen LogP contribution in [0.5, 0.6) is 0 Å². The highest BCUT2D eigenvalue weighted by Crippen LogP contribution is 2.19. The maximum atomic E-state index is 11.7. The van der Waals surface area contributed by atoms with Gasteiger partial charge < -0.3 is 5.32 Å². The van der Waals surface area contributed by atoms with E-state index >= 15 is 0 Å². The molecule has 1 fully saturated rings. The number of para-hydroxylation sites is 1. The van der Waals surface area contributed by atoms with Crippen LogP contribution in [0, 0.1) is 0 Å². The fraction of sp³-hybridized carbons (Fsp3) is 0.286. The van der Waals surface area contributed by atoms with Crippen molar-refractivity contribution in [3.05, 3.63) is 36.7 Å². The molecule has 0 unspecified atom stereocenters. The van der Waals surface area contributed by atoms with Gasteiger partial charge in [-0.25, -0.2) is 4.79 Å². The number of rotatable bonds is 5. The Hall–Kier alpha value is -2.35. The van der Waals surface area contributed by atoms with E-state index in [-0.39, 0.29) is 17.7 Å². The van der Waals surface area contributed by atoms with Crippen molar-refractivity contribution in [3.8, 4) is 5.69 Å². The number of amides is 3. The lowest BCUT2D eigenvalue weighted by Gasteiger charge is -2.07. The summed E-state index contributed by atoms with van der Waals surface area (Å²) in [5, 5.41) is 13.5. The normalized spacial score (nSPS) is 13.6. The first-order valence-corrected chi connectivity index (χ1v) is 7.89. The van der Waals surface area contributed by atoms with Crippen molar-refractivity contribution in [2.75, 3.05) is 5.75 Å². The monoisotopic (exact) mass is 317 g/mol. The van der Waals surface area contributed by atoms with Gasteiger partial charge in [-0.3, -0.25) is 14.7 Å². The van der Waals surface area contributed by atoms with E-state index in [1.165, 1.54) is 11.8 Å². The summed E-state index contributed by atoms with van der Waals surface area (Å²) in [6.45, 7) is 0. The van der Waals surface area contributed by atoms with Gasteiger partial charge in [0.1, 0.15) is 6.33 Å². The van der Waals surface area contributed by atoms with Gasteiger partial charge in [-0.05, 0) is 25.0 Å². The standard InChI is InChI=1S/C14H15N5O2S/c20-12(17-13(21)16-10-6-7-10)8-22-14-18-15-9-19(14)11-4-2-1-3-5-11/h1-5,9-10H,6-8H2,(H2,16,17,20,21). The zero-order valence-corrected chi connectivity index (χ0v) is 12.5. The first kappa shape index (κ1) is 14.6. The molecule has 7 nitrogen and oxygen atoms in total. The number of aromatic nitrogens is 3. The molecule has 0 spiro atoms. The zero-order chi connectivity index (χ0) is 15.4. The molecule has 1 aromatic carbocycles. The molecule has 1 aromatic heterocycles. The molecule has 1 aliphatic rings. The molecule has 0 atom stereocenters. The van der Waals surface area contributed by atoms with Crippen LogP contribution in [0.25, 0.3) is 5.69 Å². The van der Waals surface area contributed by atoms with Crippen LogP contribution in [-0.2, 0) is 4.79 Å². The van der Waals surface area contributed by atoms with Crippen LogP contribution in [0.15, 0.2) is 41.8 Å². The van der Waals surface area contributed by atoms with Crippen molar-refractivity contribution in [3.63, 3.8) is 0 Å². The molecule has 3 rings (SSSR count). The first-order chi connectivity index (χ1) is 10.7. The summed E-state index contributed by atoms with van der Waals surface area (Å²) in [7, 11) is 0. The minimum Gasteiger partial charge on any atom is -0.335 e. The van der Waals surface area contributed by atoms with E-state index in [0.717, 1.165) is 18.5 Å². The highest BCUT2D eigenvalue weighted by Gasteiger charge is 2.24. The van der Waals surface area contributed by atoms with Crippen LogP contribution >= 0.6 is 11.8 Å². The Balaban J connectivity index is 1.54. The van der Waals surface area contributed by atoms with Crippen molar-refractivity contribution in [1.82, 2.24) is 25.4 Å². The minimum absolute atomic E-state index is 0.101. The molecule has 8 heteroatoms. The average molecular weight is 317 g/mol. The van der Waals surface area contributed by atoms with E-state index in [9.17, 15) is 9.59 Å². The lowest BCUT2D eigenvalue weighted by Crippen LogP contribution is -2.41. The summed E-state index contributed by atoms with van der Waals surface area (Å²) in [6, 6.07) is 9.40. The van der Waals surface area contributed by atoms with Gasteiger partial charge in [-0.2, -0.15) is 0 Å². The summed E-state index contributed by atoms with van der Waals surface area (Å²) in [5.41, 5.74) is 0.918. The van der Waals surface area contributed by atoms with Crippen LogP contribution in [0.3, 0.4) is 0 Å². The number of urea groups is 1. The Morgan fingerprint density at radius 3 is 2.77 bits per heavy atom. The molecular weight excluding hydrogens is 302 g/mol. The smallest absolute Gasteiger partial charge is 0.321 e. The van der Waals surface area contributed by atoms with Gasteiger partial charge in [0, 0.05) is 11.7 Å². The van der Waals surface area contributed by atoms with Crippen molar-refractivity contribution in [2.24, 2.45) is 0 Å². The van der Waals surface area contributed by atoms with E-state index in [0.29, 0.717) is 5.16 Å². The molecule has 3 amide bonds. The molecule has 1 aliphatic carbocycles. The summed E-state index contributed by atoms with van der Waals surface area (Å²) in [5.74, 6) is -0.255. The third kappa shape index (κ3) is 3.85. The number of carbonyl (C=O) groups excluding carboxylic acids is 2. The number of nitrogens with one attached hydrogen (secondary N) is 2. The van der Waals surface area contributed by atoms with Gasteiger partial charge in [0.05, 0.1) is 5.75 Å². The molecule has 0 bridgehead atoms. The van der Waals surface area contributed by atoms with Crippen molar-refractivity contribution >= 4 is 23.7 Å². The molecule has 22 heavy (non-hydrogen) atoms. The number of benzene rings is 1. The summed E-state index contributed by atoms with van der Waals surface area (Å²) < 4.78 is 1.79. The molecule has 1 saturated carbocycles.